The number of ether oxygens (including phenoxy) is 1. The van der Waals surface area contributed by atoms with Gasteiger partial charge >= 0.3 is 0 Å². The lowest BCUT2D eigenvalue weighted by Gasteiger charge is -2.49. The Morgan fingerprint density at radius 3 is 2.73 bits per heavy atom. The molecular formula is C10H18O5. The number of rotatable bonds is 3. The van der Waals surface area contributed by atoms with Crippen LogP contribution in [0.1, 0.15) is 32.6 Å². The Hall–Kier alpha value is -0.200. The van der Waals surface area contributed by atoms with Crippen molar-refractivity contribution >= 4 is 0 Å². The lowest BCUT2D eigenvalue weighted by molar-refractivity contribution is -0.584. The molecule has 0 aromatic carbocycles. The molecule has 0 radical (unpaired) electrons. The molecule has 15 heavy (non-hydrogen) atoms. The summed E-state index contributed by atoms with van der Waals surface area (Å²) in [5.74, 6) is -1.17. The highest BCUT2D eigenvalue weighted by Crippen LogP contribution is 2.47. The number of hydrogen-bond acceptors (Lipinski definition) is 5. The van der Waals surface area contributed by atoms with Crippen LogP contribution in [0.2, 0.25) is 0 Å². The van der Waals surface area contributed by atoms with E-state index in [1.165, 1.54) is 7.11 Å². The third kappa shape index (κ3) is 1.90. The van der Waals surface area contributed by atoms with Gasteiger partial charge in [0.05, 0.1) is 7.11 Å². The van der Waals surface area contributed by atoms with Crippen molar-refractivity contribution in [2.24, 2.45) is 5.92 Å². The van der Waals surface area contributed by atoms with Gasteiger partial charge in [-0.3, -0.25) is 0 Å². The molecule has 2 fully saturated rings. The van der Waals surface area contributed by atoms with Gasteiger partial charge in [-0.1, -0.05) is 0 Å². The molecule has 0 amide bonds. The standard InChI is InChI=1S/C10H18O5/c1-9(13-12-3)8-5-4-6-10(7-8,11-2)15-14-9/h8H,4-7H2,1-3H3/t8-,9?,10+/m1/s1. The Balaban J connectivity index is 2.10. The van der Waals surface area contributed by atoms with Crippen LogP contribution >= 0.6 is 0 Å². The largest absolute Gasteiger partial charge is 0.351 e. The number of fused-ring (bicyclic) bond motifs is 2. The van der Waals surface area contributed by atoms with Crippen LogP contribution < -0.4 is 0 Å². The second-order valence-electron chi connectivity index (χ2n) is 4.34. The minimum absolute atomic E-state index is 0.236. The number of methoxy groups -OCH3 is 1. The average molecular weight is 218 g/mol. The molecule has 3 atom stereocenters. The summed E-state index contributed by atoms with van der Waals surface area (Å²) in [6.45, 7) is 1.83. The van der Waals surface area contributed by atoms with Crippen molar-refractivity contribution in [3.05, 3.63) is 0 Å². The van der Waals surface area contributed by atoms with Crippen LogP contribution in [0.3, 0.4) is 0 Å². The molecule has 0 spiro atoms. The van der Waals surface area contributed by atoms with Crippen molar-refractivity contribution in [3.8, 4) is 0 Å². The molecule has 2 rings (SSSR count). The molecule has 5 nitrogen and oxygen atoms in total. The molecule has 88 valence electrons. The van der Waals surface area contributed by atoms with Crippen LogP contribution in [-0.4, -0.2) is 25.8 Å². The minimum atomic E-state index is -0.822. The van der Waals surface area contributed by atoms with Gasteiger partial charge < -0.3 is 4.74 Å². The van der Waals surface area contributed by atoms with Crippen LogP contribution in [0.4, 0.5) is 0 Å². The van der Waals surface area contributed by atoms with Crippen LogP contribution in [0.5, 0.6) is 0 Å². The zero-order valence-corrected chi connectivity index (χ0v) is 9.45. The molecule has 1 aliphatic carbocycles. The molecule has 1 saturated carbocycles. The maximum Gasteiger partial charge on any atom is 0.234 e. The summed E-state index contributed by atoms with van der Waals surface area (Å²) >= 11 is 0. The maximum atomic E-state index is 5.38. The van der Waals surface area contributed by atoms with Crippen molar-refractivity contribution < 1.29 is 24.3 Å². The summed E-state index contributed by atoms with van der Waals surface area (Å²) < 4.78 is 5.38. The monoisotopic (exact) mass is 218 g/mol. The molecule has 2 aliphatic rings. The quantitative estimate of drug-likeness (QED) is 0.533. The van der Waals surface area contributed by atoms with Gasteiger partial charge in [-0.25, -0.2) is 4.89 Å². The first kappa shape index (κ1) is 11.3. The third-order valence-electron chi connectivity index (χ3n) is 3.39. The Morgan fingerprint density at radius 1 is 1.27 bits per heavy atom. The molecule has 1 heterocycles. The van der Waals surface area contributed by atoms with Gasteiger partial charge in [-0.15, -0.1) is 0 Å². The highest BCUT2D eigenvalue weighted by atomic mass is 17.3. The predicted molar refractivity (Wildman–Crippen MR) is 50.4 cm³/mol. The van der Waals surface area contributed by atoms with E-state index in [9.17, 15) is 0 Å². The smallest absolute Gasteiger partial charge is 0.234 e. The van der Waals surface area contributed by atoms with E-state index in [0.29, 0.717) is 0 Å². The van der Waals surface area contributed by atoms with E-state index >= 15 is 0 Å². The average Bonchev–Trinajstić information content (AvgIpc) is 2.26. The maximum absolute atomic E-state index is 5.38. The minimum Gasteiger partial charge on any atom is -0.351 e. The first-order valence-corrected chi connectivity index (χ1v) is 5.28. The molecule has 0 N–H and O–H groups in total. The Bertz CT molecular complexity index is 234. The van der Waals surface area contributed by atoms with Crippen molar-refractivity contribution in [1.82, 2.24) is 0 Å². The summed E-state index contributed by atoms with van der Waals surface area (Å²) in [7, 11) is 3.11. The zero-order chi connectivity index (χ0) is 10.9. The van der Waals surface area contributed by atoms with Crippen molar-refractivity contribution in [1.29, 1.82) is 0 Å². The fourth-order valence-electron chi connectivity index (χ4n) is 2.41. The fourth-order valence-corrected chi connectivity index (χ4v) is 2.41. The molecule has 1 aliphatic heterocycles. The van der Waals surface area contributed by atoms with E-state index < -0.39 is 11.6 Å². The van der Waals surface area contributed by atoms with E-state index in [4.69, 9.17) is 24.3 Å². The zero-order valence-electron chi connectivity index (χ0n) is 9.45. The summed E-state index contributed by atoms with van der Waals surface area (Å²) in [4.78, 5) is 20.5. The van der Waals surface area contributed by atoms with Crippen molar-refractivity contribution in [3.63, 3.8) is 0 Å². The molecule has 5 heteroatoms. The third-order valence-corrected chi connectivity index (χ3v) is 3.39. The predicted octanol–water partition coefficient (Wildman–Crippen LogP) is 1.78. The molecule has 1 saturated heterocycles. The summed E-state index contributed by atoms with van der Waals surface area (Å²) in [5, 5.41) is 0. The lowest BCUT2D eigenvalue weighted by Crippen LogP contribution is -2.55. The van der Waals surface area contributed by atoms with Gasteiger partial charge in [0, 0.05) is 25.9 Å². The van der Waals surface area contributed by atoms with Crippen molar-refractivity contribution in [2.75, 3.05) is 14.2 Å². The van der Waals surface area contributed by atoms with Crippen LogP contribution in [0.25, 0.3) is 0 Å². The van der Waals surface area contributed by atoms with Crippen molar-refractivity contribution in [2.45, 2.75) is 44.2 Å². The van der Waals surface area contributed by atoms with Crippen LogP contribution in [0, 0.1) is 5.92 Å². The van der Waals surface area contributed by atoms with Gasteiger partial charge in [0.2, 0.25) is 11.6 Å². The van der Waals surface area contributed by atoms with E-state index in [2.05, 4.69) is 0 Å². The molecule has 0 aromatic rings. The summed E-state index contributed by atoms with van der Waals surface area (Å²) in [6.07, 6.45) is 3.73. The van der Waals surface area contributed by atoms with Gasteiger partial charge in [0.15, 0.2) is 0 Å². The number of hydrogen-bond donors (Lipinski definition) is 0. The van der Waals surface area contributed by atoms with Gasteiger partial charge in [0.1, 0.15) is 0 Å². The van der Waals surface area contributed by atoms with Crippen LogP contribution in [-0.2, 0) is 24.3 Å². The SMILES string of the molecule is COOC1(C)OO[C@@]2(OC)CCC[C@@H]1C2. The molecule has 2 bridgehead atoms. The van der Waals surface area contributed by atoms with E-state index in [0.717, 1.165) is 25.7 Å². The topological polar surface area (TPSA) is 46.2 Å². The van der Waals surface area contributed by atoms with E-state index in [-0.39, 0.29) is 5.92 Å². The first-order valence-electron chi connectivity index (χ1n) is 5.28. The molecule has 1 unspecified atom stereocenters. The molecule has 0 aromatic heterocycles. The van der Waals surface area contributed by atoms with Gasteiger partial charge in [0.25, 0.3) is 0 Å². The van der Waals surface area contributed by atoms with Gasteiger partial charge in [-0.2, -0.15) is 14.7 Å². The molecular weight excluding hydrogens is 200 g/mol. The van der Waals surface area contributed by atoms with E-state index in [1.807, 2.05) is 6.92 Å². The Morgan fingerprint density at radius 2 is 2.07 bits per heavy atom. The van der Waals surface area contributed by atoms with E-state index in [1.54, 1.807) is 7.11 Å². The van der Waals surface area contributed by atoms with Crippen LogP contribution in [0.15, 0.2) is 0 Å². The Kier molecular flexibility index (Phi) is 3.00. The first-order chi connectivity index (χ1) is 7.14. The summed E-state index contributed by atoms with van der Waals surface area (Å²) in [5.41, 5.74) is 0. The second kappa shape index (κ2) is 3.99. The highest BCUT2D eigenvalue weighted by Gasteiger charge is 2.54. The summed E-state index contributed by atoms with van der Waals surface area (Å²) in [6, 6.07) is 0. The normalized spacial score (nSPS) is 45.4. The Labute approximate surface area is 89.4 Å². The van der Waals surface area contributed by atoms with Gasteiger partial charge in [-0.05, 0) is 19.8 Å². The fraction of sp³-hybridized carbons (Fsp3) is 1.00. The second-order valence-corrected chi connectivity index (χ2v) is 4.34. The highest BCUT2D eigenvalue weighted by molar-refractivity contribution is 4.88. The lowest BCUT2D eigenvalue weighted by atomic mass is 9.79.